The van der Waals surface area contributed by atoms with E-state index in [9.17, 15) is 0 Å². The first-order chi connectivity index (χ1) is 15.7. The Balaban J connectivity index is 1.46. The molecule has 2 heterocycles. The third-order valence-electron chi connectivity index (χ3n) is 7.05. The second-order valence-electron chi connectivity index (χ2n) is 9.30. The van der Waals surface area contributed by atoms with Crippen LogP contribution in [0.4, 0.5) is 0 Å². The largest absolute Gasteiger partial charge is 0.493 e. The summed E-state index contributed by atoms with van der Waals surface area (Å²) in [5, 5.41) is 15.3. The Morgan fingerprint density at radius 2 is 1.91 bits per heavy atom. The van der Waals surface area contributed by atoms with Gasteiger partial charge in [0, 0.05) is 25.6 Å². The second kappa shape index (κ2) is 8.90. The number of hydrogen-bond donors (Lipinski definition) is 1. The summed E-state index contributed by atoms with van der Waals surface area (Å²) < 4.78 is 12.0. The molecular weight excluding hydrogens is 402 g/mol. The number of nitrogens with zero attached hydrogens (tertiary/aromatic N) is 4. The van der Waals surface area contributed by atoms with Crippen LogP contribution in [-0.2, 0) is 12.0 Å². The van der Waals surface area contributed by atoms with Crippen LogP contribution < -0.4 is 9.47 Å². The van der Waals surface area contributed by atoms with Crippen LogP contribution >= 0.6 is 0 Å². The molecule has 1 saturated carbocycles. The fourth-order valence-electron chi connectivity index (χ4n) is 5.35. The van der Waals surface area contributed by atoms with Crippen molar-refractivity contribution < 1.29 is 9.47 Å². The van der Waals surface area contributed by atoms with E-state index in [4.69, 9.17) is 9.47 Å². The van der Waals surface area contributed by atoms with E-state index in [0.717, 1.165) is 49.8 Å². The van der Waals surface area contributed by atoms with Gasteiger partial charge in [0.25, 0.3) is 0 Å². The molecule has 2 unspecified atom stereocenters. The molecule has 7 heteroatoms. The van der Waals surface area contributed by atoms with Gasteiger partial charge in [-0.2, -0.15) is 5.21 Å². The number of aromatic amines is 1. The quantitative estimate of drug-likeness (QED) is 0.605. The zero-order valence-electron chi connectivity index (χ0n) is 18.8. The Labute approximate surface area is 189 Å². The molecule has 7 nitrogen and oxygen atoms in total. The van der Waals surface area contributed by atoms with Crippen LogP contribution in [0.25, 0.3) is 0 Å². The highest BCUT2D eigenvalue weighted by molar-refractivity contribution is 5.46. The number of rotatable bonds is 7. The lowest BCUT2D eigenvalue weighted by Gasteiger charge is -2.28. The van der Waals surface area contributed by atoms with E-state index < -0.39 is 0 Å². The Hall–Kier alpha value is -2.93. The smallest absolute Gasteiger partial charge is 0.182 e. The number of ether oxygens (including phenoxy) is 2. The number of aromatic nitrogens is 4. The number of tetrazole rings is 1. The van der Waals surface area contributed by atoms with Gasteiger partial charge in [0.2, 0.25) is 0 Å². The van der Waals surface area contributed by atoms with Gasteiger partial charge in [-0.3, -0.25) is 4.90 Å². The lowest BCUT2D eigenvalue weighted by molar-refractivity contribution is 0.200. The molecule has 0 spiro atoms. The molecule has 32 heavy (non-hydrogen) atoms. The monoisotopic (exact) mass is 433 g/mol. The Bertz CT molecular complexity index is 1020. The number of nitrogens with one attached hydrogen (secondary N) is 1. The van der Waals surface area contributed by atoms with E-state index in [-0.39, 0.29) is 17.4 Å². The van der Waals surface area contributed by atoms with Crippen molar-refractivity contribution in [2.75, 3.05) is 20.2 Å². The van der Waals surface area contributed by atoms with Crippen molar-refractivity contribution in [2.45, 2.75) is 56.6 Å². The molecule has 0 bridgehead atoms. The molecule has 1 aromatic heterocycles. The van der Waals surface area contributed by atoms with Crippen LogP contribution in [-0.4, -0.2) is 51.8 Å². The minimum atomic E-state index is -0.263. The van der Waals surface area contributed by atoms with Crippen molar-refractivity contribution in [2.24, 2.45) is 0 Å². The van der Waals surface area contributed by atoms with Gasteiger partial charge in [0.15, 0.2) is 17.3 Å². The van der Waals surface area contributed by atoms with Crippen LogP contribution in [0.1, 0.15) is 55.5 Å². The van der Waals surface area contributed by atoms with Crippen molar-refractivity contribution in [3.05, 3.63) is 65.5 Å². The van der Waals surface area contributed by atoms with E-state index in [1.807, 2.05) is 6.07 Å². The van der Waals surface area contributed by atoms with Crippen molar-refractivity contribution in [3.8, 4) is 11.5 Å². The highest BCUT2D eigenvalue weighted by atomic mass is 16.5. The lowest BCUT2D eigenvalue weighted by Crippen LogP contribution is -2.32. The van der Waals surface area contributed by atoms with Crippen molar-refractivity contribution in [1.82, 2.24) is 25.5 Å². The van der Waals surface area contributed by atoms with E-state index in [2.05, 4.69) is 74.9 Å². The third-order valence-corrected chi connectivity index (χ3v) is 7.05. The zero-order chi connectivity index (χ0) is 22.0. The molecule has 1 saturated heterocycles. The van der Waals surface area contributed by atoms with E-state index in [1.54, 1.807) is 7.11 Å². The molecule has 5 rings (SSSR count). The SMILES string of the molecule is COc1ccc(C2CN(Cc3ccccc3)CC2(C)c2nn[nH]n2)cc1OC1CCCC1. The number of likely N-dealkylation sites (tertiary alicyclic amines) is 1. The molecular formula is C25H31N5O2. The molecule has 2 aliphatic rings. The van der Waals surface area contributed by atoms with Gasteiger partial charge < -0.3 is 9.47 Å². The summed E-state index contributed by atoms with van der Waals surface area (Å²) in [5.74, 6) is 2.60. The standard InChI is InChI=1S/C25H31N5O2/c1-25(24-26-28-29-27-24)17-30(15-18-8-4-3-5-9-18)16-21(25)19-12-13-22(31-2)23(14-19)32-20-10-6-7-11-20/h3-5,8-9,12-14,20-21H,6-7,10-11,15-17H2,1-2H3,(H,26,27,28,29). The van der Waals surface area contributed by atoms with Crippen LogP contribution in [0.3, 0.4) is 0 Å². The predicted molar refractivity (Wildman–Crippen MR) is 122 cm³/mol. The summed E-state index contributed by atoms with van der Waals surface area (Å²) in [5.41, 5.74) is 2.27. The molecule has 1 aliphatic carbocycles. The average molecular weight is 434 g/mol. The summed E-state index contributed by atoms with van der Waals surface area (Å²) in [6.45, 7) is 4.91. The first kappa shape index (κ1) is 20.9. The maximum Gasteiger partial charge on any atom is 0.182 e. The topological polar surface area (TPSA) is 76.2 Å². The fraction of sp³-hybridized carbons (Fsp3) is 0.480. The van der Waals surface area contributed by atoms with Crippen molar-refractivity contribution in [3.63, 3.8) is 0 Å². The molecule has 0 amide bonds. The summed E-state index contributed by atoms with van der Waals surface area (Å²) in [4.78, 5) is 2.48. The molecule has 2 atom stereocenters. The van der Waals surface area contributed by atoms with Crippen LogP contribution in [0.2, 0.25) is 0 Å². The molecule has 0 radical (unpaired) electrons. The summed E-state index contributed by atoms with van der Waals surface area (Å²) in [7, 11) is 1.71. The molecule has 1 aliphatic heterocycles. The summed E-state index contributed by atoms with van der Waals surface area (Å²) in [6, 6.07) is 17.0. The van der Waals surface area contributed by atoms with Crippen LogP contribution in [0.15, 0.2) is 48.5 Å². The molecule has 1 N–H and O–H groups in total. The van der Waals surface area contributed by atoms with Gasteiger partial charge >= 0.3 is 0 Å². The van der Waals surface area contributed by atoms with Gasteiger partial charge in [-0.25, -0.2) is 0 Å². The van der Waals surface area contributed by atoms with Gasteiger partial charge in [0.05, 0.1) is 18.6 Å². The highest BCUT2D eigenvalue weighted by Gasteiger charge is 2.48. The minimum absolute atomic E-state index is 0.209. The van der Waals surface area contributed by atoms with Crippen LogP contribution in [0, 0.1) is 0 Å². The Kier molecular flexibility index (Phi) is 5.83. The van der Waals surface area contributed by atoms with Crippen LogP contribution in [0.5, 0.6) is 11.5 Å². The fourth-order valence-corrected chi connectivity index (χ4v) is 5.35. The second-order valence-corrected chi connectivity index (χ2v) is 9.30. The van der Waals surface area contributed by atoms with E-state index in [0.29, 0.717) is 0 Å². The van der Waals surface area contributed by atoms with Gasteiger partial charge in [-0.1, -0.05) is 48.5 Å². The molecule has 2 aromatic carbocycles. The molecule has 168 valence electrons. The summed E-state index contributed by atoms with van der Waals surface area (Å²) in [6.07, 6.45) is 4.98. The molecule has 2 fully saturated rings. The number of hydrogen-bond acceptors (Lipinski definition) is 6. The first-order valence-electron chi connectivity index (χ1n) is 11.5. The number of methoxy groups -OCH3 is 1. The van der Waals surface area contributed by atoms with E-state index >= 15 is 0 Å². The Morgan fingerprint density at radius 1 is 1.09 bits per heavy atom. The number of benzene rings is 2. The predicted octanol–water partition coefficient (Wildman–Crippen LogP) is 4.09. The lowest BCUT2D eigenvalue weighted by atomic mass is 9.75. The normalized spacial score (nSPS) is 24.1. The maximum absolute atomic E-state index is 6.39. The van der Waals surface area contributed by atoms with Crippen molar-refractivity contribution >= 4 is 0 Å². The number of H-pyrrole nitrogens is 1. The maximum atomic E-state index is 6.39. The van der Waals surface area contributed by atoms with Crippen molar-refractivity contribution in [1.29, 1.82) is 0 Å². The minimum Gasteiger partial charge on any atom is -0.493 e. The average Bonchev–Trinajstić information content (AvgIpc) is 3.57. The molecule has 3 aromatic rings. The van der Waals surface area contributed by atoms with E-state index in [1.165, 1.54) is 24.0 Å². The zero-order valence-corrected chi connectivity index (χ0v) is 18.8. The van der Waals surface area contributed by atoms with Gasteiger partial charge in [0.1, 0.15) is 0 Å². The Morgan fingerprint density at radius 3 is 2.62 bits per heavy atom. The van der Waals surface area contributed by atoms with Gasteiger partial charge in [-0.15, -0.1) is 10.2 Å². The third kappa shape index (κ3) is 4.09. The highest BCUT2D eigenvalue weighted by Crippen LogP contribution is 2.46. The van der Waals surface area contributed by atoms with Gasteiger partial charge in [-0.05, 0) is 48.9 Å². The first-order valence-corrected chi connectivity index (χ1v) is 11.5. The summed E-state index contributed by atoms with van der Waals surface area (Å²) >= 11 is 0.